The third-order valence-electron chi connectivity index (χ3n) is 5.53. The van der Waals surface area contributed by atoms with Crippen LogP contribution in [0, 0.1) is 0 Å². The Morgan fingerprint density at radius 2 is 1.00 bits per heavy atom. The number of ketones is 3. The van der Waals surface area contributed by atoms with Gasteiger partial charge in [0.2, 0.25) is 0 Å². The Morgan fingerprint density at radius 3 is 1.28 bits per heavy atom. The molecule has 0 saturated heterocycles. The molecule has 0 heterocycles. The molecular weight excluding hydrogens is 749 g/mol. The third kappa shape index (κ3) is 12.3. The second kappa shape index (κ2) is 17.6. The van der Waals surface area contributed by atoms with Crippen LogP contribution in [0.4, 0.5) is 17.1 Å². The summed E-state index contributed by atoms with van der Waals surface area (Å²) < 4.78 is 0. The maximum atomic E-state index is 11.9. The summed E-state index contributed by atoms with van der Waals surface area (Å²) in [4.78, 5) is 34.0. The molecule has 0 amide bonds. The van der Waals surface area contributed by atoms with Gasteiger partial charge >= 0.3 is 0 Å². The molecule has 0 aliphatic heterocycles. The van der Waals surface area contributed by atoms with Gasteiger partial charge in [0.15, 0.2) is 17.3 Å². The van der Waals surface area contributed by atoms with Crippen LogP contribution >= 0.6 is 85.5 Å². The first-order valence-electron chi connectivity index (χ1n) is 12.1. The Balaban J connectivity index is 0.000000331. The van der Waals surface area contributed by atoms with Gasteiger partial charge in [-0.05, 0) is 57.2 Å². The average Bonchev–Trinajstić information content (AvgIpc) is 2.95. The summed E-state index contributed by atoms with van der Waals surface area (Å²) in [6, 6.07) is 8.99. The predicted octanol–water partition coefficient (Wildman–Crippen LogP) is 8.05. The van der Waals surface area contributed by atoms with E-state index in [0.29, 0.717) is 48.2 Å². The van der Waals surface area contributed by atoms with Crippen LogP contribution in [0.1, 0.15) is 51.8 Å². The van der Waals surface area contributed by atoms with E-state index in [1.165, 1.54) is 43.3 Å². The lowest BCUT2D eigenvalue weighted by Gasteiger charge is -2.23. The quantitative estimate of drug-likeness (QED) is 0.0873. The largest absolute Gasteiger partial charge is 0.396 e. The molecule has 0 bridgehead atoms. The van der Waals surface area contributed by atoms with Gasteiger partial charge in [-0.25, -0.2) is 0 Å². The Labute approximate surface area is 288 Å². The number of carbonyl (C=O) groups excluding carboxylic acids is 3. The Kier molecular flexibility index (Phi) is 16.1. The van der Waals surface area contributed by atoms with Crippen LogP contribution in [0.3, 0.4) is 0 Å². The molecule has 8 N–H and O–H groups in total. The van der Waals surface area contributed by atoms with Gasteiger partial charge in [-0.15, -0.1) is 0 Å². The minimum Gasteiger partial charge on any atom is -0.396 e. The van der Waals surface area contributed by atoms with Gasteiger partial charge < -0.3 is 27.6 Å². The normalized spacial score (nSPS) is 10.7. The van der Waals surface area contributed by atoms with Crippen LogP contribution in [0.5, 0.6) is 0 Å². The highest BCUT2D eigenvalue weighted by molar-refractivity contribution is 9.09. The second-order valence-corrected chi connectivity index (χ2v) is 12.5. The van der Waals surface area contributed by atoms with Crippen LogP contribution in [0.25, 0.3) is 0 Å². The number of nitrogens with one attached hydrogen (secondary N) is 1. The van der Waals surface area contributed by atoms with Crippen molar-refractivity contribution >= 4 is 120 Å². The molecule has 0 aliphatic carbocycles. The number of benzene rings is 3. The Hall–Kier alpha value is -1.79. The summed E-state index contributed by atoms with van der Waals surface area (Å²) in [6.07, 6.45) is 0. The van der Waals surface area contributed by atoms with Crippen molar-refractivity contribution in [1.82, 2.24) is 5.32 Å². The lowest BCUT2D eigenvalue weighted by atomic mass is 10.1. The molecule has 0 aromatic heterocycles. The molecule has 0 radical (unpaired) electrons. The number of halogens is 7. The van der Waals surface area contributed by atoms with E-state index in [1.807, 2.05) is 0 Å². The zero-order valence-corrected chi connectivity index (χ0v) is 29.3. The third-order valence-corrected chi connectivity index (χ3v) is 7.92. The first-order chi connectivity index (χ1) is 19.8. The summed E-state index contributed by atoms with van der Waals surface area (Å²) in [5, 5.41) is 14.0. The molecular formula is C28H29BrCl6N4O4. The maximum absolute atomic E-state index is 11.9. The van der Waals surface area contributed by atoms with E-state index in [2.05, 4.69) is 21.2 Å². The number of alkyl halides is 1. The highest BCUT2D eigenvalue weighted by Gasteiger charge is 2.18. The molecule has 3 aromatic carbocycles. The number of hydrogen-bond acceptors (Lipinski definition) is 8. The lowest BCUT2D eigenvalue weighted by molar-refractivity contribution is 0.0965. The number of hydrogen-bond donors (Lipinski definition) is 5. The fourth-order valence-corrected chi connectivity index (χ4v) is 4.62. The van der Waals surface area contributed by atoms with Crippen LogP contribution < -0.4 is 22.5 Å². The van der Waals surface area contributed by atoms with E-state index in [4.69, 9.17) is 91.9 Å². The molecule has 3 rings (SSSR count). The first kappa shape index (κ1) is 39.2. The van der Waals surface area contributed by atoms with E-state index in [-0.39, 0.29) is 51.6 Å². The van der Waals surface area contributed by atoms with Gasteiger partial charge in [-0.2, -0.15) is 0 Å². The summed E-state index contributed by atoms with van der Waals surface area (Å²) in [6.45, 7) is 5.05. The van der Waals surface area contributed by atoms with E-state index < -0.39 is 5.54 Å². The smallest absolute Gasteiger partial charge is 0.176 e. The van der Waals surface area contributed by atoms with Crippen LogP contribution in [-0.4, -0.2) is 46.5 Å². The van der Waals surface area contributed by atoms with E-state index in [1.54, 1.807) is 13.8 Å². The van der Waals surface area contributed by atoms with Crippen molar-refractivity contribution in [2.24, 2.45) is 0 Å². The van der Waals surface area contributed by atoms with Gasteiger partial charge in [0.25, 0.3) is 0 Å². The standard InChI is InChI=1S/C12H16Cl2N2O2.C8H6BrCl2NO.C8H7Cl2NO/c1-12(2,6-17)16-5-10(18)7-3-8(13)11(15)9(14)4-7;9-3-7(13)4-1-5(10)8(12)6(11)2-4;1-4(12)5-2-6(9)8(11)7(10)3-5/h3-4,16-17H,5-6,15H2,1-2H3;1-2H,3,12H2;2-3H,11H2,1H3. The molecule has 0 atom stereocenters. The fraction of sp³-hybridized carbons (Fsp3) is 0.250. The van der Waals surface area contributed by atoms with E-state index in [0.717, 1.165) is 0 Å². The minimum absolute atomic E-state index is 0.0659. The zero-order valence-electron chi connectivity index (χ0n) is 23.1. The van der Waals surface area contributed by atoms with Crippen molar-refractivity contribution in [2.45, 2.75) is 26.3 Å². The van der Waals surface area contributed by atoms with Crippen molar-refractivity contribution in [1.29, 1.82) is 0 Å². The zero-order chi connectivity index (χ0) is 33.2. The summed E-state index contributed by atoms with van der Waals surface area (Å²) in [5.41, 5.74) is 18.2. The molecule has 8 nitrogen and oxygen atoms in total. The Bertz CT molecular complexity index is 1440. The topological polar surface area (TPSA) is 162 Å². The monoisotopic (exact) mass is 774 g/mol. The summed E-state index contributed by atoms with van der Waals surface area (Å²) >= 11 is 37.7. The maximum Gasteiger partial charge on any atom is 0.176 e. The SMILES string of the molecule is CC(=O)c1cc(Cl)c(N)c(Cl)c1.CC(C)(CO)NCC(=O)c1cc(Cl)c(N)c(Cl)c1.Nc1c(Cl)cc(C(=O)CBr)cc1Cl. The minimum atomic E-state index is -0.517. The molecule has 0 saturated carbocycles. The van der Waals surface area contributed by atoms with Gasteiger partial charge in [0.1, 0.15) is 0 Å². The molecule has 43 heavy (non-hydrogen) atoms. The number of aliphatic hydroxyl groups excluding tert-OH is 1. The van der Waals surface area contributed by atoms with E-state index >= 15 is 0 Å². The van der Waals surface area contributed by atoms with Gasteiger partial charge in [0, 0.05) is 22.2 Å². The van der Waals surface area contributed by atoms with Gasteiger partial charge in [-0.1, -0.05) is 85.5 Å². The Morgan fingerprint density at radius 1 is 0.698 bits per heavy atom. The first-order valence-corrected chi connectivity index (χ1v) is 15.5. The molecule has 0 unspecified atom stereocenters. The van der Waals surface area contributed by atoms with E-state index in [9.17, 15) is 14.4 Å². The summed E-state index contributed by atoms with van der Waals surface area (Å²) in [5.74, 6) is -0.331. The van der Waals surface area contributed by atoms with Crippen molar-refractivity contribution < 1.29 is 19.5 Å². The highest BCUT2D eigenvalue weighted by atomic mass is 79.9. The molecule has 0 fully saturated rings. The van der Waals surface area contributed by atoms with Crippen molar-refractivity contribution in [2.75, 3.05) is 35.7 Å². The van der Waals surface area contributed by atoms with Gasteiger partial charge in [0.05, 0.1) is 65.7 Å². The van der Waals surface area contributed by atoms with Crippen molar-refractivity contribution in [3.05, 3.63) is 83.2 Å². The van der Waals surface area contributed by atoms with Crippen LogP contribution in [-0.2, 0) is 0 Å². The fourth-order valence-electron chi connectivity index (χ4n) is 2.83. The van der Waals surface area contributed by atoms with Crippen LogP contribution in [0.2, 0.25) is 30.1 Å². The summed E-state index contributed by atoms with van der Waals surface area (Å²) in [7, 11) is 0. The van der Waals surface area contributed by atoms with Gasteiger partial charge in [-0.3, -0.25) is 14.4 Å². The molecule has 15 heteroatoms. The number of anilines is 3. The number of nitrogen functional groups attached to an aromatic ring is 3. The number of nitrogens with two attached hydrogens (primary N) is 3. The number of aliphatic hydroxyl groups is 1. The van der Waals surface area contributed by atoms with Crippen LogP contribution in [0.15, 0.2) is 36.4 Å². The molecule has 0 aliphatic rings. The number of Topliss-reactive ketones (excluding diaryl/α,β-unsaturated/α-hetero) is 3. The molecule has 234 valence electrons. The lowest BCUT2D eigenvalue weighted by Crippen LogP contribution is -2.45. The highest BCUT2D eigenvalue weighted by Crippen LogP contribution is 2.30. The van der Waals surface area contributed by atoms with Crippen molar-refractivity contribution in [3.63, 3.8) is 0 Å². The van der Waals surface area contributed by atoms with Crippen molar-refractivity contribution in [3.8, 4) is 0 Å². The molecule has 0 spiro atoms. The molecule has 3 aromatic rings. The number of carbonyl (C=O) groups is 3. The predicted molar refractivity (Wildman–Crippen MR) is 184 cm³/mol. The number of rotatable bonds is 8. The second-order valence-electron chi connectivity index (χ2n) is 9.49. The average molecular weight is 778 g/mol.